The first kappa shape index (κ1) is 21.8. The fraction of sp³-hybridized carbons (Fsp3) is 0.150. The number of aromatic nitrogens is 1. The lowest BCUT2D eigenvalue weighted by Gasteiger charge is -2.21. The van der Waals surface area contributed by atoms with Crippen LogP contribution >= 0.6 is 0 Å². The van der Waals surface area contributed by atoms with Crippen molar-refractivity contribution in [2.75, 3.05) is 18.8 Å². The number of rotatable bonds is 8. The highest BCUT2D eigenvalue weighted by Gasteiger charge is 2.26. The summed E-state index contributed by atoms with van der Waals surface area (Å²) in [5.41, 5.74) is 5.47. The number of fused-ring (bicyclic) bond motifs is 1. The largest absolute Gasteiger partial charge is 0.493 e. The van der Waals surface area contributed by atoms with Crippen LogP contribution in [-0.2, 0) is 19.9 Å². The maximum Gasteiger partial charge on any atom is 0.264 e. The molecule has 0 radical (unpaired) electrons. The lowest BCUT2D eigenvalue weighted by atomic mass is 10.2. The van der Waals surface area contributed by atoms with Gasteiger partial charge in [0.25, 0.3) is 10.0 Å². The Bertz CT molecular complexity index is 1270. The van der Waals surface area contributed by atoms with Crippen LogP contribution in [0.25, 0.3) is 10.8 Å². The average molecular weight is 448 g/mol. The third-order valence-corrected chi connectivity index (χ3v) is 7.97. The Morgan fingerprint density at radius 3 is 2.40 bits per heavy atom. The third kappa shape index (κ3) is 4.45. The molecule has 0 atom stereocenters. The Labute approximate surface area is 175 Å². The predicted octanol–water partition coefficient (Wildman–Crippen LogP) is 1.88. The fourth-order valence-electron chi connectivity index (χ4n) is 2.92. The molecular weight excluding hydrogens is 426 g/mol. The van der Waals surface area contributed by atoms with Crippen molar-refractivity contribution in [1.82, 2.24) is 9.29 Å². The first-order valence-corrected chi connectivity index (χ1v) is 12.1. The van der Waals surface area contributed by atoms with Gasteiger partial charge in [0, 0.05) is 36.3 Å². The van der Waals surface area contributed by atoms with Crippen molar-refractivity contribution in [1.29, 1.82) is 0 Å². The van der Waals surface area contributed by atoms with Crippen LogP contribution in [0.15, 0.2) is 82.9 Å². The van der Waals surface area contributed by atoms with Gasteiger partial charge in [0.05, 0.1) is 15.5 Å². The number of hydrogen-bond acceptors (Lipinski definition) is 7. The molecule has 0 fully saturated rings. The van der Waals surface area contributed by atoms with Gasteiger partial charge in [-0.3, -0.25) is 4.31 Å². The van der Waals surface area contributed by atoms with Gasteiger partial charge in [-0.1, -0.05) is 30.3 Å². The quantitative estimate of drug-likeness (QED) is 0.539. The van der Waals surface area contributed by atoms with Gasteiger partial charge in [-0.25, -0.2) is 21.8 Å². The predicted molar refractivity (Wildman–Crippen MR) is 114 cm³/mol. The highest BCUT2D eigenvalue weighted by molar-refractivity contribution is 7.91. The van der Waals surface area contributed by atoms with Crippen molar-refractivity contribution >= 4 is 30.6 Å². The number of pyridine rings is 1. The molecule has 0 saturated heterocycles. The molecule has 158 valence electrons. The van der Waals surface area contributed by atoms with Gasteiger partial charge in [0.1, 0.15) is 0 Å². The van der Waals surface area contributed by atoms with Crippen LogP contribution in [-0.4, -0.2) is 50.1 Å². The molecule has 30 heavy (non-hydrogen) atoms. The Hall–Kier alpha value is -2.95. The van der Waals surface area contributed by atoms with Crippen LogP contribution in [0, 0.1) is 0 Å². The van der Waals surface area contributed by atoms with Gasteiger partial charge < -0.3 is 10.8 Å². The highest BCUT2D eigenvalue weighted by atomic mass is 32.2. The summed E-state index contributed by atoms with van der Waals surface area (Å²) in [6.07, 6.45) is 3.99. The monoisotopic (exact) mass is 447 g/mol. The summed E-state index contributed by atoms with van der Waals surface area (Å²) in [4.78, 5) is 3.81. The molecule has 0 aliphatic heterocycles. The van der Waals surface area contributed by atoms with Crippen LogP contribution in [0.4, 0.5) is 0 Å². The number of aromatic hydroxyl groups is 1. The molecule has 2 aromatic carbocycles. The molecule has 0 spiro atoms. The van der Waals surface area contributed by atoms with Crippen molar-refractivity contribution in [3.05, 3.63) is 73.1 Å². The topological polar surface area (TPSA) is 131 Å². The number of nitrogens with zero attached hydrogens (tertiary/aromatic N) is 2. The van der Waals surface area contributed by atoms with Crippen LogP contribution in [0.5, 0.6) is 5.88 Å². The van der Waals surface area contributed by atoms with E-state index < -0.39 is 25.6 Å². The molecule has 0 aliphatic rings. The number of nitrogens with two attached hydrogens (primary N) is 1. The summed E-state index contributed by atoms with van der Waals surface area (Å²) in [5.74, 6) is -0.705. The standard InChI is InChI=1S/C20H21N3O5S2/c21-11-5-13-23(14-15-29(25,26)16-6-2-1-3-7-16)30(27,28)19-9-4-8-18-17(19)10-12-22-20(18)24/h1-10,12-13H,11,14-15,21H2,(H,22,24). The van der Waals surface area contributed by atoms with E-state index >= 15 is 0 Å². The Morgan fingerprint density at radius 2 is 1.70 bits per heavy atom. The van der Waals surface area contributed by atoms with Gasteiger partial charge in [-0.2, -0.15) is 0 Å². The minimum Gasteiger partial charge on any atom is -0.493 e. The lowest BCUT2D eigenvalue weighted by molar-refractivity contribution is 0.460. The molecule has 0 bridgehead atoms. The van der Waals surface area contributed by atoms with Crippen LogP contribution in [0.2, 0.25) is 0 Å². The number of benzene rings is 2. The summed E-state index contributed by atoms with van der Waals surface area (Å²) >= 11 is 0. The first-order chi connectivity index (χ1) is 14.3. The molecule has 1 heterocycles. The van der Waals surface area contributed by atoms with Crippen molar-refractivity contribution in [2.24, 2.45) is 5.73 Å². The summed E-state index contributed by atoms with van der Waals surface area (Å²) in [7, 11) is -7.83. The van der Waals surface area contributed by atoms with Crippen molar-refractivity contribution in [3.63, 3.8) is 0 Å². The lowest BCUT2D eigenvalue weighted by Crippen LogP contribution is -2.31. The minimum atomic E-state index is -4.13. The van der Waals surface area contributed by atoms with Gasteiger partial charge in [-0.05, 0) is 30.3 Å². The van der Waals surface area contributed by atoms with E-state index in [-0.39, 0.29) is 39.5 Å². The Kier molecular flexibility index (Phi) is 6.40. The van der Waals surface area contributed by atoms with Crippen LogP contribution < -0.4 is 5.73 Å². The van der Waals surface area contributed by atoms with Crippen LogP contribution in [0.1, 0.15) is 0 Å². The first-order valence-electron chi connectivity index (χ1n) is 9.00. The van der Waals surface area contributed by atoms with E-state index in [1.54, 1.807) is 24.3 Å². The maximum absolute atomic E-state index is 13.4. The average Bonchev–Trinajstić information content (AvgIpc) is 2.74. The fourth-order valence-corrected chi connectivity index (χ4v) is 5.82. The summed E-state index contributed by atoms with van der Waals surface area (Å²) in [6, 6.07) is 13.7. The molecule has 0 unspecified atom stereocenters. The molecule has 0 saturated carbocycles. The molecule has 0 amide bonds. The van der Waals surface area contributed by atoms with E-state index in [9.17, 15) is 21.9 Å². The van der Waals surface area contributed by atoms with Crippen molar-refractivity contribution in [3.8, 4) is 5.88 Å². The van der Waals surface area contributed by atoms with E-state index in [1.165, 1.54) is 48.8 Å². The van der Waals surface area contributed by atoms with Gasteiger partial charge >= 0.3 is 0 Å². The Balaban J connectivity index is 2.00. The van der Waals surface area contributed by atoms with E-state index in [0.717, 1.165) is 4.31 Å². The second-order valence-corrected chi connectivity index (χ2v) is 10.3. The van der Waals surface area contributed by atoms with Crippen molar-refractivity contribution < 1.29 is 21.9 Å². The molecule has 3 rings (SSSR count). The molecule has 8 nitrogen and oxygen atoms in total. The SMILES string of the molecule is NCC=CN(CCS(=O)(=O)c1ccccc1)S(=O)(=O)c1cccc2c(O)nccc12. The maximum atomic E-state index is 13.4. The van der Waals surface area contributed by atoms with E-state index in [4.69, 9.17) is 5.73 Å². The van der Waals surface area contributed by atoms with E-state index in [1.807, 2.05) is 0 Å². The summed E-state index contributed by atoms with van der Waals surface area (Å²) < 4.78 is 52.9. The number of sulfonamides is 1. The normalized spacial score (nSPS) is 12.4. The van der Waals surface area contributed by atoms with Crippen molar-refractivity contribution in [2.45, 2.75) is 9.79 Å². The number of hydrogen-bond donors (Lipinski definition) is 2. The number of sulfone groups is 1. The second-order valence-electron chi connectivity index (χ2n) is 6.35. The second kappa shape index (κ2) is 8.82. The molecular formula is C20H21N3O5S2. The highest BCUT2D eigenvalue weighted by Crippen LogP contribution is 2.29. The molecule has 3 N–H and O–H groups in total. The zero-order valence-corrected chi connectivity index (χ0v) is 17.6. The van der Waals surface area contributed by atoms with E-state index in [0.29, 0.717) is 0 Å². The minimum absolute atomic E-state index is 0.0727. The zero-order chi connectivity index (χ0) is 21.8. The molecule has 10 heteroatoms. The smallest absolute Gasteiger partial charge is 0.264 e. The summed E-state index contributed by atoms with van der Waals surface area (Å²) in [6.45, 7) is -0.221. The molecule has 3 aromatic rings. The van der Waals surface area contributed by atoms with E-state index in [2.05, 4.69) is 4.98 Å². The summed E-state index contributed by atoms with van der Waals surface area (Å²) in [5, 5.41) is 10.5. The van der Waals surface area contributed by atoms with Crippen LogP contribution in [0.3, 0.4) is 0 Å². The zero-order valence-electron chi connectivity index (χ0n) is 15.9. The molecule has 1 aromatic heterocycles. The van der Waals surface area contributed by atoms with Gasteiger partial charge in [-0.15, -0.1) is 0 Å². The molecule has 0 aliphatic carbocycles. The Morgan fingerprint density at radius 1 is 0.967 bits per heavy atom. The van der Waals surface area contributed by atoms with Gasteiger partial charge in [0.15, 0.2) is 9.84 Å². The van der Waals surface area contributed by atoms with Gasteiger partial charge in [0.2, 0.25) is 5.88 Å². The third-order valence-electron chi connectivity index (χ3n) is 4.42.